The van der Waals surface area contributed by atoms with Crippen molar-refractivity contribution in [3.63, 3.8) is 0 Å². The van der Waals surface area contributed by atoms with Crippen LogP contribution in [0.4, 0.5) is 0 Å². The highest BCUT2D eigenvalue weighted by atomic mass is 28.3. The van der Waals surface area contributed by atoms with Gasteiger partial charge in [0.15, 0.2) is 0 Å². The first kappa shape index (κ1) is 20.1. The minimum absolute atomic E-state index is 0.808. The van der Waals surface area contributed by atoms with Crippen LogP contribution in [0.3, 0.4) is 0 Å². The molecule has 0 saturated carbocycles. The van der Waals surface area contributed by atoms with Crippen molar-refractivity contribution in [1.29, 1.82) is 0 Å². The lowest BCUT2D eigenvalue weighted by Gasteiger charge is -2.21. The predicted molar refractivity (Wildman–Crippen MR) is 91.6 cm³/mol. The summed E-state index contributed by atoms with van der Waals surface area (Å²) in [7, 11) is 0.444. The molecule has 0 saturated heterocycles. The van der Waals surface area contributed by atoms with Crippen molar-refractivity contribution in [2.75, 3.05) is 13.7 Å². The fraction of sp³-hybridized carbons (Fsp3) is 1.00. The summed E-state index contributed by atoms with van der Waals surface area (Å²) in [6.45, 7) is 7.45. The summed E-state index contributed by atoms with van der Waals surface area (Å²) in [5, 5.41) is 0. The van der Waals surface area contributed by atoms with Gasteiger partial charge in [0.25, 0.3) is 0 Å². The zero-order valence-electron chi connectivity index (χ0n) is 14.5. The molecule has 0 aliphatic carbocycles. The van der Waals surface area contributed by atoms with E-state index in [1.54, 1.807) is 0 Å². The number of hydrogen-bond donors (Lipinski definition) is 0. The quantitative estimate of drug-likeness (QED) is 0.296. The summed E-state index contributed by atoms with van der Waals surface area (Å²) in [5.74, 6) is 0.837. The summed E-state index contributed by atoms with van der Waals surface area (Å²) in [5.41, 5.74) is 0. The average molecular weight is 303 g/mol. The van der Waals surface area contributed by atoms with E-state index in [-0.39, 0.29) is 0 Å². The van der Waals surface area contributed by atoms with Crippen molar-refractivity contribution in [2.45, 2.75) is 91.0 Å². The van der Waals surface area contributed by atoms with E-state index in [0.29, 0.717) is 0 Å². The van der Waals surface area contributed by atoms with E-state index in [1.807, 2.05) is 7.11 Å². The maximum Gasteiger partial charge on any atom is 0.321 e. The van der Waals surface area contributed by atoms with E-state index in [2.05, 4.69) is 20.8 Å². The number of rotatable bonds is 15. The van der Waals surface area contributed by atoms with Crippen molar-refractivity contribution < 1.29 is 8.85 Å². The molecule has 0 amide bonds. The van der Waals surface area contributed by atoms with Crippen LogP contribution in [-0.4, -0.2) is 23.0 Å². The molecule has 0 aromatic heterocycles. The van der Waals surface area contributed by atoms with Gasteiger partial charge in [-0.3, -0.25) is 0 Å². The summed E-state index contributed by atoms with van der Waals surface area (Å²) in [4.78, 5) is 0. The van der Waals surface area contributed by atoms with Gasteiger partial charge in [0.2, 0.25) is 0 Å². The molecule has 0 radical (unpaired) electrons. The Morgan fingerprint density at radius 2 is 1.40 bits per heavy atom. The molecule has 0 aromatic carbocycles. The van der Waals surface area contributed by atoms with Crippen LogP contribution in [0.5, 0.6) is 0 Å². The van der Waals surface area contributed by atoms with Crippen molar-refractivity contribution in [2.24, 2.45) is 5.92 Å². The van der Waals surface area contributed by atoms with Crippen LogP contribution < -0.4 is 0 Å². The lowest BCUT2D eigenvalue weighted by atomic mass is 9.96. The van der Waals surface area contributed by atoms with Gasteiger partial charge in [0.1, 0.15) is 0 Å². The lowest BCUT2D eigenvalue weighted by molar-refractivity contribution is 0.231. The Kier molecular flexibility index (Phi) is 15.6. The van der Waals surface area contributed by atoms with Gasteiger partial charge in [-0.05, 0) is 18.9 Å². The lowest BCUT2D eigenvalue weighted by Crippen LogP contribution is -2.24. The summed E-state index contributed by atoms with van der Waals surface area (Å²) in [6.07, 6.45) is 13.8. The van der Waals surface area contributed by atoms with Gasteiger partial charge in [0.05, 0.1) is 0 Å². The molecule has 0 aromatic rings. The molecule has 0 heterocycles. The molecule has 2 unspecified atom stereocenters. The van der Waals surface area contributed by atoms with Crippen molar-refractivity contribution in [1.82, 2.24) is 0 Å². The molecule has 2 atom stereocenters. The van der Waals surface area contributed by atoms with Gasteiger partial charge < -0.3 is 8.85 Å². The first-order valence-electron chi connectivity index (χ1n) is 8.92. The Morgan fingerprint density at radius 1 is 0.800 bits per heavy atom. The molecule has 2 nitrogen and oxygen atoms in total. The molecule has 0 fully saturated rings. The van der Waals surface area contributed by atoms with E-state index in [4.69, 9.17) is 8.85 Å². The first-order chi connectivity index (χ1) is 9.78. The molecule has 0 N–H and O–H groups in total. The third-order valence-corrected chi connectivity index (χ3v) is 6.36. The van der Waals surface area contributed by atoms with Crippen LogP contribution in [-0.2, 0) is 8.85 Å². The highest BCUT2D eigenvalue weighted by Crippen LogP contribution is 2.23. The van der Waals surface area contributed by atoms with E-state index >= 15 is 0 Å². The van der Waals surface area contributed by atoms with E-state index < -0.39 is 9.28 Å². The second-order valence-corrected chi connectivity index (χ2v) is 8.06. The van der Waals surface area contributed by atoms with E-state index in [0.717, 1.165) is 12.5 Å². The van der Waals surface area contributed by atoms with Gasteiger partial charge in [-0.25, -0.2) is 0 Å². The van der Waals surface area contributed by atoms with Gasteiger partial charge in [-0.1, -0.05) is 78.1 Å². The minimum atomic E-state index is -1.38. The first-order valence-corrected chi connectivity index (χ1v) is 10.7. The summed E-state index contributed by atoms with van der Waals surface area (Å²) < 4.78 is 11.4. The SMILES string of the molecule is CCCCCCCCC(CCCC)C[SiH](OC)OCC. The Hall–Kier alpha value is 0.137. The third kappa shape index (κ3) is 11.9. The van der Waals surface area contributed by atoms with Gasteiger partial charge in [-0.15, -0.1) is 0 Å². The molecule has 0 aliphatic heterocycles. The van der Waals surface area contributed by atoms with Crippen LogP contribution in [0, 0.1) is 5.92 Å². The zero-order valence-corrected chi connectivity index (χ0v) is 15.6. The van der Waals surface area contributed by atoms with Crippen LogP contribution in [0.2, 0.25) is 6.04 Å². The normalized spacial score (nSPS) is 14.4. The maximum absolute atomic E-state index is 5.78. The Morgan fingerprint density at radius 3 is 2.00 bits per heavy atom. The molecule has 20 heavy (non-hydrogen) atoms. The molecule has 0 bridgehead atoms. The van der Waals surface area contributed by atoms with Crippen LogP contribution in [0.1, 0.15) is 85.0 Å². The van der Waals surface area contributed by atoms with Crippen molar-refractivity contribution >= 4 is 9.28 Å². The second kappa shape index (κ2) is 15.5. The Balaban J connectivity index is 3.87. The molecule has 122 valence electrons. The Labute approximate surface area is 129 Å². The molecule has 3 heteroatoms. The van der Waals surface area contributed by atoms with E-state index in [9.17, 15) is 0 Å². The molecular weight excluding hydrogens is 264 g/mol. The standard InChI is InChI=1S/C17H38O2Si/c1-5-8-10-11-12-13-15-17(14-9-6-2)16-20(18-4)19-7-3/h17,20H,5-16H2,1-4H3. The van der Waals surface area contributed by atoms with Gasteiger partial charge in [-0.2, -0.15) is 0 Å². The summed E-state index contributed by atoms with van der Waals surface area (Å²) >= 11 is 0. The van der Waals surface area contributed by atoms with Gasteiger partial charge >= 0.3 is 9.28 Å². The monoisotopic (exact) mass is 302 g/mol. The zero-order chi connectivity index (χ0) is 15.1. The molecule has 0 aliphatic rings. The van der Waals surface area contributed by atoms with Crippen LogP contribution in [0.15, 0.2) is 0 Å². The fourth-order valence-corrected chi connectivity index (χ4v) is 4.63. The van der Waals surface area contributed by atoms with Crippen LogP contribution in [0.25, 0.3) is 0 Å². The van der Waals surface area contributed by atoms with E-state index in [1.165, 1.54) is 70.3 Å². The highest BCUT2D eigenvalue weighted by Gasteiger charge is 2.18. The second-order valence-electron chi connectivity index (χ2n) is 5.92. The molecule has 0 spiro atoms. The smallest absolute Gasteiger partial charge is 0.321 e. The van der Waals surface area contributed by atoms with Crippen molar-refractivity contribution in [3.05, 3.63) is 0 Å². The van der Waals surface area contributed by atoms with Crippen molar-refractivity contribution in [3.8, 4) is 0 Å². The topological polar surface area (TPSA) is 18.5 Å². The average Bonchev–Trinajstić information content (AvgIpc) is 2.47. The minimum Gasteiger partial charge on any atom is -0.400 e. The molecule has 0 rings (SSSR count). The fourth-order valence-electron chi connectivity index (χ4n) is 2.78. The third-order valence-electron chi connectivity index (χ3n) is 4.07. The highest BCUT2D eigenvalue weighted by molar-refractivity contribution is 6.44. The number of unbranched alkanes of at least 4 members (excludes halogenated alkanes) is 6. The molecular formula is C17H38O2Si. The Bertz CT molecular complexity index is 188. The largest absolute Gasteiger partial charge is 0.400 e. The maximum atomic E-state index is 5.78. The van der Waals surface area contributed by atoms with Gasteiger partial charge in [0, 0.05) is 13.7 Å². The predicted octanol–water partition coefficient (Wildman–Crippen LogP) is 5.45. The summed E-state index contributed by atoms with van der Waals surface area (Å²) in [6, 6.07) is 1.21. The number of hydrogen-bond acceptors (Lipinski definition) is 2. The van der Waals surface area contributed by atoms with Crippen LogP contribution >= 0.6 is 0 Å².